The quantitative estimate of drug-likeness (QED) is 0.550. The van der Waals surface area contributed by atoms with E-state index in [0.29, 0.717) is 11.4 Å². The molecule has 2 N–H and O–H groups in total. The van der Waals surface area contributed by atoms with Gasteiger partial charge in [0.1, 0.15) is 5.75 Å². The van der Waals surface area contributed by atoms with E-state index in [9.17, 15) is 8.42 Å². The second-order valence-electron chi connectivity index (χ2n) is 6.83. The second kappa shape index (κ2) is 9.10. The number of guanidine groups is 1. The van der Waals surface area contributed by atoms with Crippen LogP contribution in [0.15, 0.2) is 52.4 Å². The molecule has 0 saturated heterocycles. The van der Waals surface area contributed by atoms with Gasteiger partial charge in [0, 0.05) is 25.8 Å². The Balaban J connectivity index is 1.55. The lowest BCUT2D eigenvalue weighted by atomic mass is 10.1. The third-order valence-corrected chi connectivity index (χ3v) is 5.70. The number of sulfone groups is 1. The third-order valence-electron chi connectivity index (χ3n) is 4.58. The van der Waals surface area contributed by atoms with Crippen molar-refractivity contribution in [2.45, 2.75) is 31.2 Å². The fourth-order valence-corrected chi connectivity index (χ4v) is 3.71. The minimum Gasteiger partial charge on any atom is -0.493 e. The topological polar surface area (TPSA) is 79.8 Å². The summed E-state index contributed by atoms with van der Waals surface area (Å²) in [5.74, 6) is 1.76. The molecule has 0 radical (unpaired) electrons. The molecular weight excluding hydrogens is 374 g/mol. The zero-order valence-corrected chi connectivity index (χ0v) is 17.2. The number of benzene rings is 2. The maximum absolute atomic E-state index is 11.5. The van der Waals surface area contributed by atoms with Crippen molar-refractivity contribution in [1.29, 1.82) is 0 Å². The molecule has 0 bridgehead atoms. The highest BCUT2D eigenvalue weighted by atomic mass is 32.2. The van der Waals surface area contributed by atoms with E-state index >= 15 is 0 Å². The average molecular weight is 402 g/mol. The summed E-state index contributed by atoms with van der Waals surface area (Å²) in [7, 11) is -3.17. The van der Waals surface area contributed by atoms with Crippen LogP contribution in [0.1, 0.15) is 23.6 Å². The van der Waals surface area contributed by atoms with E-state index in [1.165, 1.54) is 17.4 Å². The van der Waals surface area contributed by atoms with Crippen molar-refractivity contribution in [3.8, 4) is 5.75 Å². The van der Waals surface area contributed by atoms with Crippen LogP contribution in [0.3, 0.4) is 0 Å². The molecule has 1 heterocycles. The predicted molar refractivity (Wildman–Crippen MR) is 112 cm³/mol. The van der Waals surface area contributed by atoms with Gasteiger partial charge in [0.2, 0.25) is 0 Å². The third kappa shape index (κ3) is 5.48. The van der Waals surface area contributed by atoms with Gasteiger partial charge in [0.05, 0.1) is 18.0 Å². The number of fused-ring (bicyclic) bond motifs is 1. The molecule has 0 fully saturated rings. The Morgan fingerprint density at radius 3 is 2.57 bits per heavy atom. The van der Waals surface area contributed by atoms with Crippen LogP contribution in [0.4, 0.5) is 0 Å². The van der Waals surface area contributed by atoms with Crippen molar-refractivity contribution < 1.29 is 13.2 Å². The van der Waals surface area contributed by atoms with Gasteiger partial charge >= 0.3 is 0 Å². The molecule has 28 heavy (non-hydrogen) atoms. The van der Waals surface area contributed by atoms with Gasteiger partial charge in [-0.3, -0.25) is 0 Å². The Morgan fingerprint density at radius 2 is 1.86 bits per heavy atom. The Kier molecular flexibility index (Phi) is 6.57. The molecule has 2 aromatic carbocycles. The van der Waals surface area contributed by atoms with Gasteiger partial charge < -0.3 is 15.4 Å². The summed E-state index contributed by atoms with van der Waals surface area (Å²) in [5.41, 5.74) is 3.53. The van der Waals surface area contributed by atoms with E-state index in [2.05, 4.69) is 33.8 Å². The van der Waals surface area contributed by atoms with Crippen LogP contribution in [0.5, 0.6) is 5.75 Å². The zero-order valence-electron chi connectivity index (χ0n) is 16.4. The summed E-state index contributed by atoms with van der Waals surface area (Å²) in [6, 6.07) is 13.2. The Bertz CT molecular complexity index is 938. The van der Waals surface area contributed by atoms with Gasteiger partial charge in [-0.2, -0.15) is 0 Å². The minimum absolute atomic E-state index is 0.324. The van der Waals surface area contributed by atoms with Crippen molar-refractivity contribution in [1.82, 2.24) is 10.6 Å². The molecule has 2 aromatic rings. The fraction of sp³-hybridized carbons (Fsp3) is 0.381. The van der Waals surface area contributed by atoms with Gasteiger partial charge in [-0.15, -0.1) is 0 Å². The normalized spacial score (nSPS) is 13.7. The van der Waals surface area contributed by atoms with Crippen LogP contribution in [0.25, 0.3) is 0 Å². The van der Waals surface area contributed by atoms with Crippen LogP contribution >= 0.6 is 0 Å². The first-order valence-electron chi connectivity index (χ1n) is 9.51. The lowest BCUT2D eigenvalue weighted by Crippen LogP contribution is -2.38. The maximum atomic E-state index is 11.5. The lowest BCUT2D eigenvalue weighted by Gasteiger charge is -2.12. The summed E-state index contributed by atoms with van der Waals surface area (Å²) < 4.78 is 28.6. The van der Waals surface area contributed by atoms with E-state index in [1.54, 1.807) is 24.3 Å². The largest absolute Gasteiger partial charge is 0.493 e. The number of aliphatic imine (C=N–C) groups is 1. The van der Waals surface area contributed by atoms with Crippen molar-refractivity contribution in [2.75, 3.05) is 26.0 Å². The molecule has 0 unspecified atom stereocenters. The first kappa shape index (κ1) is 20.2. The molecule has 7 heteroatoms. The molecule has 6 nitrogen and oxygen atoms in total. The summed E-state index contributed by atoms with van der Waals surface area (Å²) in [4.78, 5) is 4.91. The number of hydrogen-bond donors (Lipinski definition) is 2. The van der Waals surface area contributed by atoms with Crippen LogP contribution < -0.4 is 15.4 Å². The molecule has 1 aliphatic rings. The van der Waals surface area contributed by atoms with Crippen molar-refractivity contribution in [3.05, 3.63) is 59.2 Å². The number of rotatable bonds is 7. The second-order valence-corrected chi connectivity index (χ2v) is 8.84. The highest BCUT2D eigenvalue weighted by Gasteiger charge is 2.11. The summed E-state index contributed by atoms with van der Waals surface area (Å²) in [5, 5.41) is 6.59. The highest BCUT2D eigenvalue weighted by Crippen LogP contribution is 2.25. The zero-order chi connectivity index (χ0) is 20.0. The Morgan fingerprint density at radius 1 is 1.11 bits per heavy atom. The summed E-state index contributed by atoms with van der Waals surface area (Å²) in [6.07, 6.45) is 3.10. The Labute approximate surface area is 167 Å². The van der Waals surface area contributed by atoms with E-state index in [4.69, 9.17) is 4.74 Å². The van der Waals surface area contributed by atoms with Gasteiger partial charge in [-0.05, 0) is 48.2 Å². The molecule has 0 amide bonds. The number of ether oxygens (including phenoxy) is 1. The van der Waals surface area contributed by atoms with Crippen LogP contribution in [0.2, 0.25) is 0 Å². The number of nitrogens with zero attached hydrogens (tertiary/aromatic N) is 1. The smallest absolute Gasteiger partial charge is 0.191 e. The van der Waals surface area contributed by atoms with Gasteiger partial charge in [-0.1, -0.05) is 24.3 Å². The molecule has 0 saturated carbocycles. The highest BCUT2D eigenvalue weighted by molar-refractivity contribution is 7.90. The van der Waals surface area contributed by atoms with Gasteiger partial charge in [-0.25, -0.2) is 13.4 Å². The first-order valence-corrected chi connectivity index (χ1v) is 11.4. The Hall–Kier alpha value is -2.54. The van der Waals surface area contributed by atoms with Crippen LogP contribution in [-0.2, 0) is 29.2 Å². The molecule has 0 aliphatic carbocycles. The van der Waals surface area contributed by atoms with Gasteiger partial charge in [0.15, 0.2) is 15.8 Å². The standard InChI is InChI=1S/C21H27N3O3S/c1-3-22-21(24-15-17-4-7-19(8-5-17)28(2,25)26)23-12-10-16-6-9-20-18(14-16)11-13-27-20/h4-9,14H,3,10-13,15H2,1-2H3,(H2,22,23,24). The van der Waals surface area contributed by atoms with E-state index in [-0.39, 0.29) is 0 Å². The minimum atomic E-state index is -3.17. The molecule has 1 aliphatic heterocycles. The molecule has 150 valence electrons. The maximum Gasteiger partial charge on any atom is 0.191 e. The molecule has 0 aromatic heterocycles. The first-order chi connectivity index (χ1) is 13.5. The summed E-state index contributed by atoms with van der Waals surface area (Å²) >= 11 is 0. The van der Waals surface area contributed by atoms with Crippen molar-refractivity contribution >= 4 is 15.8 Å². The number of hydrogen-bond acceptors (Lipinski definition) is 4. The molecule has 0 spiro atoms. The van der Waals surface area contributed by atoms with E-state index < -0.39 is 9.84 Å². The molecular formula is C21H27N3O3S. The fourth-order valence-electron chi connectivity index (χ4n) is 3.07. The predicted octanol–water partition coefficient (Wildman–Crippen LogP) is 2.32. The average Bonchev–Trinajstić information content (AvgIpc) is 3.13. The molecule has 3 rings (SSSR count). The van der Waals surface area contributed by atoms with Gasteiger partial charge in [0.25, 0.3) is 0 Å². The molecule has 0 atom stereocenters. The van der Waals surface area contributed by atoms with E-state index in [0.717, 1.165) is 49.8 Å². The SMILES string of the molecule is CCNC(=NCc1ccc(S(C)(=O)=O)cc1)NCCc1ccc2c(c1)CCO2. The monoisotopic (exact) mass is 401 g/mol. The van der Waals surface area contributed by atoms with Crippen LogP contribution in [0, 0.1) is 0 Å². The van der Waals surface area contributed by atoms with Crippen molar-refractivity contribution in [3.63, 3.8) is 0 Å². The summed E-state index contributed by atoms with van der Waals surface area (Å²) in [6.45, 7) is 4.83. The van der Waals surface area contributed by atoms with Crippen molar-refractivity contribution in [2.24, 2.45) is 4.99 Å². The lowest BCUT2D eigenvalue weighted by molar-refractivity contribution is 0.357. The number of nitrogens with one attached hydrogen (secondary N) is 2. The van der Waals surface area contributed by atoms with E-state index in [1.807, 2.05) is 6.92 Å². The van der Waals surface area contributed by atoms with Crippen LogP contribution in [-0.4, -0.2) is 40.3 Å².